The monoisotopic (exact) mass is 325 g/mol. The number of aryl methyl sites for hydroxylation is 1. The molecule has 0 radical (unpaired) electrons. The van der Waals surface area contributed by atoms with Crippen LogP contribution in [0.25, 0.3) is 11.4 Å². The summed E-state index contributed by atoms with van der Waals surface area (Å²) in [5.41, 5.74) is 2.11. The fourth-order valence-corrected chi connectivity index (χ4v) is 2.61. The zero-order chi connectivity index (χ0) is 17.1. The van der Waals surface area contributed by atoms with Gasteiger partial charge < -0.3 is 9.84 Å². The lowest BCUT2D eigenvalue weighted by Crippen LogP contribution is -2.35. The quantitative estimate of drug-likeness (QED) is 0.750. The third-order valence-corrected chi connectivity index (χ3v) is 4.23. The Morgan fingerprint density at radius 1 is 1.12 bits per heavy atom. The van der Waals surface area contributed by atoms with E-state index in [2.05, 4.69) is 34.4 Å². The molecule has 0 amide bonds. The molecule has 0 saturated heterocycles. The number of nitrogens with zero attached hydrogens (tertiary/aromatic N) is 4. The van der Waals surface area contributed by atoms with Crippen LogP contribution in [0.3, 0.4) is 0 Å². The highest BCUT2D eigenvalue weighted by Gasteiger charge is 2.21. The van der Waals surface area contributed by atoms with E-state index in [4.69, 9.17) is 4.52 Å². The number of rotatable bonds is 6. The number of benzene rings is 1. The third kappa shape index (κ3) is 3.54. The van der Waals surface area contributed by atoms with E-state index >= 15 is 0 Å². The van der Waals surface area contributed by atoms with E-state index in [1.165, 1.54) is 0 Å². The molecule has 0 fully saturated rings. The van der Waals surface area contributed by atoms with Gasteiger partial charge in [0.1, 0.15) is 0 Å². The van der Waals surface area contributed by atoms with Crippen LogP contribution < -0.4 is 5.32 Å². The Hall–Kier alpha value is -2.47. The summed E-state index contributed by atoms with van der Waals surface area (Å²) in [5, 5.41) is 12.0. The second-order valence-corrected chi connectivity index (χ2v) is 6.24. The van der Waals surface area contributed by atoms with Gasteiger partial charge in [0.15, 0.2) is 0 Å². The van der Waals surface area contributed by atoms with Crippen molar-refractivity contribution in [1.29, 1.82) is 0 Å². The summed E-state index contributed by atoms with van der Waals surface area (Å²) in [6.07, 6.45) is 3.92. The molecule has 0 unspecified atom stereocenters. The van der Waals surface area contributed by atoms with Crippen molar-refractivity contribution in [2.45, 2.75) is 45.8 Å². The number of aromatic nitrogens is 4. The molecule has 3 aromatic rings. The predicted molar refractivity (Wildman–Crippen MR) is 92.4 cm³/mol. The van der Waals surface area contributed by atoms with Gasteiger partial charge in [0.05, 0.1) is 18.3 Å². The Balaban J connectivity index is 1.66. The minimum Gasteiger partial charge on any atom is -0.337 e. The van der Waals surface area contributed by atoms with Gasteiger partial charge in [-0.3, -0.25) is 4.68 Å². The predicted octanol–water partition coefficient (Wildman–Crippen LogP) is 3.54. The van der Waals surface area contributed by atoms with Crippen molar-refractivity contribution >= 4 is 0 Å². The van der Waals surface area contributed by atoms with E-state index < -0.39 is 0 Å². The average Bonchev–Trinajstić information content (AvgIpc) is 3.24. The van der Waals surface area contributed by atoms with Crippen molar-refractivity contribution in [2.24, 2.45) is 0 Å². The Labute approximate surface area is 141 Å². The number of hydrogen-bond donors (Lipinski definition) is 1. The van der Waals surface area contributed by atoms with Gasteiger partial charge in [0.25, 0.3) is 0 Å². The van der Waals surface area contributed by atoms with Crippen molar-refractivity contribution in [3.8, 4) is 11.4 Å². The van der Waals surface area contributed by atoms with Crippen LogP contribution in [0.1, 0.15) is 44.3 Å². The van der Waals surface area contributed by atoms with Crippen LogP contribution in [-0.4, -0.2) is 26.0 Å². The molecule has 0 aliphatic heterocycles. The van der Waals surface area contributed by atoms with Gasteiger partial charge >= 0.3 is 0 Å². The lowest BCUT2D eigenvalue weighted by molar-refractivity contribution is 0.292. The molecule has 0 saturated carbocycles. The van der Waals surface area contributed by atoms with Gasteiger partial charge in [-0.15, -0.1) is 0 Å². The molecule has 2 heterocycles. The topological polar surface area (TPSA) is 68.8 Å². The highest BCUT2D eigenvalue weighted by molar-refractivity contribution is 5.53. The molecular weight excluding hydrogens is 302 g/mol. The normalized spacial score (nSPS) is 15.2. The van der Waals surface area contributed by atoms with Gasteiger partial charge in [0.2, 0.25) is 11.7 Å². The van der Waals surface area contributed by atoms with Gasteiger partial charge in [-0.2, -0.15) is 10.1 Å². The molecular formula is C18H23N5O. The molecule has 3 rings (SSSR count). The molecule has 3 atom stereocenters. The van der Waals surface area contributed by atoms with E-state index in [0.717, 1.165) is 11.1 Å². The first-order valence-corrected chi connectivity index (χ1v) is 8.20. The minimum absolute atomic E-state index is 0.0379. The summed E-state index contributed by atoms with van der Waals surface area (Å²) in [6.45, 7) is 8.34. The van der Waals surface area contributed by atoms with Crippen LogP contribution in [0.15, 0.2) is 47.2 Å². The van der Waals surface area contributed by atoms with Crippen LogP contribution in [-0.2, 0) is 0 Å². The van der Waals surface area contributed by atoms with E-state index in [1.807, 2.05) is 61.3 Å². The standard InChI is InChI=1S/C18H23N5O/c1-12-10-19-23(11-12)15(4)13(2)20-14(3)18-21-17(22-24-18)16-8-6-5-7-9-16/h5-11,13-15,20H,1-4H3/t13-,14+,15-/m1/s1. The smallest absolute Gasteiger partial charge is 0.243 e. The Morgan fingerprint density at radius 2 is 1.88 bits per heavy atom. The lowest BCUT2D eigenvalue weighted by atomic mass is 10.1. The molecule has 0 spiro atoms. The van der Waals surface area contributed by atoms with E-state index in [1.54, 1.807) is 0 Å². The van der Waals surface area contributed by atoms with E-state index in [0.29, 0.717) is 11.7 Å². The summed E-state index contributed by atoms with van der Waals surface area (Å²) in [4.78, 5) is 4.51. The van der Waals surface area contributed by atoms with Gasteiger partial charge in [-0.25, -0.2) is 0 Å². The van der Waals surface area contributed by atoms with Crippen molar-refractivity contribution in [3.05, 3.63) is 54.2 Å². The summed E-state index contributed by atoms with van der Waals surface area (Å²) >= 11 is 0. The first-order chi connectivity index (χ1) is 11.5. The molecule has 1 N–H and O–H groups in total. The summed E-state index contributed by atoms with van der Waals surface area (Å²) < 4.78 is 7.40. The molecule has 6 nitrogen and oxygen atoms in total. The van der Waals surface area contributed by atoms with E-state index in [9.17, 15) is 0 Å². The summed E-state index contributed by atoms with van der Waals surface area (Å²) in [6, 6.07) is 10.2. The highest BCUT2D eigenvalue weighted by Crippen LogP contribution is 2.20. The number of nitrogens with one attached hydrogen (secondary N) is 1. The maximum absolute atomic E-state index is 5.43. The van der Waals surface area contributed by atoms with Crippen LogP contribution in [0.4, 0.5) is 0 Å². The second kappa shape index (κ2) is 6.97. The zero-order valence-corrected chi connectivity index (χ0v) is 14.5. The van der Waals surface area contributed by atoms with Crippen molar-refractivity contribution in [1.82, 2.24) is 25.2 Å². The molecule has 0 aliphatic rings. The Bertz CT molecular complexity index is 780. The molecule has 2 aromatic heterocycles. The molecule has 126 valence electrons. The van der Waals surface area contributed by atoms with Crippen LogP contribution >= 0.6 is 0 Å². The SMILES string of the molecule is Cc1cnn([C@H](C)[C@@H](C)N[C@@H](C)c2nc(-c3ccccc3)no2)c1. The molecule has 1 aromatic carbocycles. The summed E-state index contributed by atoms with van der Waals surface area (Å²) in [7, 11) is 0. The van der Waals surface area contributed by atoms with Gasteiger partial charge in [-0.1, -0.05) is 35.5 Å². The number of hydrogen-bond acceptors (Lipinski definition) is 5. The van der Waals surface area contributed by atoms with Crippen LogP contribution in [0.2, 0.25) is 0 Å². The first kappa shape index (κ1) is 16.4. The van der Waals surface area contributed by atoms with Crippen LogP contribution in [0.5, 0.6) is 0 Å². The highest BCUT2D eigenvalue weighted by atomic mass is 16.5. The molecule has 0 aliphatic carbocycles. The maximum atomic E-state index is 5.43. The second-order valence-electron chi connectivity index (χ2n) is 6.24. The Kier molecular flexibility index (Phi) is 4.76. The van der Waals surface area contributed by atoms with Gasteiger partial charge in [0, 0.05) is 17.8 Å². The zero-order valence-electron chi connectivity index (χ0n) is 14.5. The Morgan fingerprint density at radius 3 is 2.54 bits per heavy atom. The largest absolute Gasteiger partial charge is 0.337 e. The van der Waals surface area contributed by atoms with Crippen LogP contribution in [0, 0.1) is 6.92 Å². The van der Waals surface area contributed by atoms with E-state index in [-0.39, 0.29) is 18.1 Å². The fourth-order valence-electron chi connectivity index (χ4n) is 2.61. The molecule has 0 bridgehead atoms. The molecule has 6 heteroatoms. The van der Waals surface area contributed by atoms with Crippen molar-refractivity contribution in [2.75, 3.05) is 0 Å². The van der Waals surface area contributed by atoms with Crippen molar-refractivity contribution in [3.63, 3.8) is 0 Å². The molecule has 24 heavy (non-hydrogen) atoms. The lowest BCUT2D eigenvalue weighted by Gasteiger charge is -2.24. The van der Waals surface area contributed by atoms with Gasteiger partial charge in [-0.05, 0) is 33.3 Å². The summed E-state index contributed by atoms with van der Waals surface area (Å²) in [5.74, 6) is 1.20. The van der Waals surface area contributed by atoms with Crippen molar-refractivity contribution < 1.29 is 4.52 Å². The third-order valence-electron chi connectivity index (χ3n) is 4.23. The fraction of sp³-hybridized carbons (Fsp3) is 0.389. The first-order valence-electron chi connectivity index (χ1n) is 8.20. The average molecular weight is 325 g/mol. The minimum atomic E-state index is -0.0379. The maximum Gasteiger partial charge on any atom is 0.243 e.